The lowest BCUT2D eigenvalue weighted by molar-refractivity contribution is -0.133. The van der Waals surface area contributed by atoms with Crippen LogP contribution in [-0.2, 0) is 4.79 Å². The number of aryl methyl sites for hydroxylation is 1. The number of likely N-dealkylation sites (tertiary alicyclic amines) is 1. The van der Waals surface area contributed by atoms with Crippen molar-refractivity contribution in [2.45, 2.75) is 70.0 Å². The number of nitrogens with zero attached hydrogens (tertiary/aromatic N) is 2. The van der Waals surface area contributed by atoms with E-state index in [1.54, 1.807) is 0 Å². The zero-order chi connectivity index (χ0) is 15.1. The maximum atomic E-state index is 12.8. The number of carbonyl (C=O) groups excluding carboxylic acids is 1. The topological polar surface area (TPSA) is 58.4 Å². The van der Waals surface area contributed by atoms with Gasteiger partial charge in [0.2, 0.25) is 5.91 Å². The predicted molar refractivity (Wildman–Crippen MR) is 82.2 cm³/mol. The van der Waals surface area contributed by atoms with Gasteiger partial charge in [-0.3, -0.25) is 4.79 Å². The highest BCUT2D eigenvalue weighted by atomic mass is 16.5. The van der Waals surface area contributed by atoms with Crippen LogP contribution in [0.25, 0.3) is 0 Å². The second kappa shape index (κ2) is 5.69. The molecule has 1 aromatic heterocycles. The molecule has 4 heterocycles. The highest BCUT2D eigenvalue weighted by Gasteiger charge is 2.37. The van der Waals surface area contributed by atoms with Gasteiger partial charge >= 0.3 is 0 Å². The van der Waals surface area contributed by atoms with E-state index in [0.29, 0.717) is 30.3 Å². The Morgan fingerprint density at radius 2 is 2.14 bits per heavy atom. The van der Waals surface area contributed by atoms with E-state index in [2.05, 4.69) is 10.5 Å². The molecule has 3 atom stereocenters. The second-order valence-electron chi connectivity index (χ2n) is 7.30. The molecule has 3 aliphatic heterocycles. The highest BCUT2D eigenvalue weighted by molar-refractivity contribution is 5.77. The third kappa shape index (κ3) is 2.67. The third-order valence-electron chi connectivity index (χ3n) is 5.58. The van der Waals surface area contributed by atoms with E-state index >= 15 is 0 Å². The molecule has 2 bridgehead atoms. The van der Waals surface area contributed by atoms with Crippen LogP contribution in [0, 0.1) is 12.8 Å². The molecule has 4 rings (SSSR count). The number of piperidine rings is 1. The van der Waals surface area contributed by atoms with Crippen LogP contribution < -0.4 is 5.32 Å². The van der Waals surface area contributed by atoms with Gasteiger partial charge in [0.1, 0.15) is 0 Å². The normalized spacial score (nSPS) is 34.3. The Labute approximate surface area is 131 Å². The summed E-state index contributed by atoms with van der Waals surface area (Å²) >= 11 is 0. The zero-order valence-corrected chi connectivity index (χ0v) is 13.3. The van der Waals surface area contributed by atoms with Crippen molar-refractivity contribution in [2.75, 3.05) is 6.54 Å². The monoisotopic (exact) mass is 303 g/mol. The van der Waals surface area contributed by atoms with Crippen molar-refractivity contribution in [3.8, 4) is 0 Å². The SMILES string of the molecule is Cc1cc(C2CCCN2C(=O)CC2CC3CCC(C2)N3)on1. The highest BCUT2D eigenvalue weighted by Crippen LogP contribution is 2.36. The molecule has 5 heteroatoms. The summed E-state index contributed by atoms with van der Waals surface area (Å²) in [5.74, 6) is 1.72. The maximum absolute atomic E-state index is 12.8. The molecule has 0 aliphatic carbocycles. The molecule has 5 nitrogen and oxygen atoms in total. The molecule has 0 spiro atoms. The number of carbonyl (C=O) groups is 1. The Kier molecular flexibility index (Phi) is 3.68. The van der Waals surface area contributed by atoms with E-state index in [1.807, 2.05) is 17.9 Å². The van der Waals surface area contributed by atoms with Crippen molar-refractivity contribution in [1.29, 1.82) is 0 Å². The molecule has 0 saturated carbocycles. The quantitative estimate of drug-likeness (QED) is 0.932. The zero-order valence-electron chi connectivity index (χ0n) is 13.3. The molecule has 3 saturated heterocycles. The summed E-state index contributed by atoms with van der Waals surface area (Å²) in [6.45, 7) is 2.79. The lowest BCUT2D eigenvalue weighted by Gasteiger charge is -2.31. The fourth-order valence-electron chi connectivity index (χ4n) is 4.61. The van der Waals surface area contributed by atoms with Crippen LogP contribution in [0.3, 0.4) is 0 Å². The Bertz CT molecular complexity index is 544. The van der Waals surface area contributed by atoms with E-state index in [-0.39, 0.29) is 6.04 Å². The average Bonchev–Trinajstić information content (AvgIpc) is 3.19. The summed E-state index contributed by atoms with van der Waals surface area (Å²) in [7, 11) is 0. The predicted octanol–water partition coefficient (Wildman–Crippen LogP) is 2.57. The molecule has 22 heavy (non-hydrogen) atoms. The van der Waals surface area contributed by atoms with Crippen LogP contribution in [0.15, 0.2) is 10.6 Å². The van der Waals surface area contributed by atoms with Crippen LogP contribution in [0.5, 0.6) is 0 Å². The second-order valence-corrected chi connectivity index (χ2v) is 7.30. The van der Waals surface area contributed by atoms with Crippen molar-refractivity contribution in [3.63, 3.8) is 0 Å². The first-order valence-corrected chi connectivity index (χ1v) is 8.68. The Balaban J connectivity index is 1.41. The number of nitrogens with one attached hydrogen (secondary N) is 1. The summed E-state index contributed by atoms with van der Waals surface area (Å²) in [5, 5.41) is 7.63. The Hall–Kier alpha value is -1.36. The van der Waals surface area contributed by atoms with Crippen LogP contribution in [0.2, 0.25) is 0 Å². The number of fused-ring (bicyclic) bond motifs is 2. The molecule has 1 aromatic rings. The summed E-state index contributed by atoms with van der Waals surface area (Å²) in [6.07, 6.45) is 7.69. The molecule has 3 aliphatic rings. The van der Waals surface area contributed by atoms with Gasteiger partial charge in [-0.15, -0.1) is 0 Å². The molecule has 3 fully saturated rings. The lowest BCUT2D eigenvalue weighted by Crippen LogP contribution is -2.40. The molecule has 0 radical (unpaired) electrons. The number of amides is 1. The first kappa shape index (κ1) is 14.2. The molecule has 3 unspecified atom stereocenters. The van der Waals surface area contributed by atoms with E-state index < -0.39 is 0 Å². The number of aromatic nitrogens is 1. The van der Waals surface area contributed by atoms with E-state index in [1.165, 1.54) is 25.7 Å². The fraction of sp³-hybridized carbons (Fsp3) is 0.765. The van der Waals surface area contributed by atoms with Crippen LogP contribution in [-0.4, -0.2) is 34.6 Å². The van der Waals surface area contributed by atoms with Crippen LogP contribution in [0.1, 0.15) is 62.4 Å². The standard InChI is InChI=1S/C17H25N3O2/c1-11-7-16(22-19-11)15-3-2-6-20(15)17(21)10-12-8-13-4-5-14(9-12)18-13/h7,12-15,18H,2-6,8-10H2,1H3. The summed E-state index contributed by atoms with van der Waals surface area (Å²) in [5.41, 5.74) is 0.893. The van der Waals surface area contributed by atoms with Gasteiger partial charge in [0.05, 0.1) is 11.7 Å². The molecule has 120 valence electrons. The first-order chi connectivity index (χ1) is 10.7. The van der Waals surface area contributed by atoms with Gasteiger partial charge < -0.3 is 14.7 Å². The smallest absolute Gasteiger partial charge is 0.223 e. The average molecular weight is 303 g/mol. The number of rotatable bonds is 3. The number of hydrogen-bond acceptors (Lipinski definition) is 4. The van der Waals surface area contributed by atoms with E-state index in [9.17, 15) is 4.79 Å². The van der Waals surface area contributed by atoms with E-state index in [0.717, 1.165) is 30.8 Å². The third-order valence-corrected chi connectivity index (χ3v) is 5.58. The van der Waals surface area contributed by atoms with Gasteiger partial charge in [-0.1, -0.05) is 5.16 Å². The van der Waals surface area contributed by atoms with Gasteiger partial charge in [-0.2, -0.15) is 0 Å². The van der Waals surface area contributed by atoms with Gasteiger partial charge in [0, 0.05) is 31.1 Å². The summed E-state index contributed by atoms with van der Waals surface area (Å²) in [6, 6.07) is 3.39. The van der Waals surface area contributed by atoms with Gasteiger partial charge in [-0.05, 0) is 51.4 Å². The Morgan fingerprint density at radius 1 is 1.36 bits per heavy atom. The first-order valence-electron chi connectivity index (χ1n) is 8.68. The van der Waals surface area contributed by atoms with Crippen molar-refractivity contribution >= 4 is 5.91 Å². The molecule has 0 aromatic carbocycles. The minimum Gasteiger partial charge on any atom is -0.359 e. The summed E-state index contributed by atoms with van der Waals surface area (Å²) < 4.78 is 5.41. The van der Waals surface area contributed by atoms with E-state index in [4.69, 9.17) is 4.52 Å². The molecule has 1 N–H and O–H groups in total. The van der Waals surface area contributed by atoms with Crippen molar-refractivity contribution in [2.24, 2.45) is 5.92 Å². The summed E-state index contributed by atoms with van der Waals surface area (Å²) in [4.78, 5) is 14.8. The lowest BCUT2D eigenvalue weighted by atomic mass is 9.89. The maximum Gasteiger partial charge on any atom is 0.223 e. The van der Waals surface area contributed by atoms with Crippen LogP contribution in [0.4, 0.5) is 0 Å². The van der Waals surface area contributed by atoms with Crippen LogP contribution >= 0.6 is 0 Å². The van der Waals surface area contributed by atoms with Crippen molar-refractivity contribution in [3.05, 3.63) is 17.5 Å². The van der Waals surface area contributed by atoms with Gasteiger partial charge in [0.15, 0.2) is 5.76 Å². The minimum absolute atomic E-state index is 0.104. The molecular formula is C17H25N3O2. The fourth-order valence-corrected chi connectivity index (χ4v) is 4.61. The van der Waals surface area contributed by atoms with Gasteiger partial charge in [0.25, 0.3) is 0 Å². The minimum atomic E-state index is 0.104. The number of hydrogen-bond donors (Lipinski definition) is 1. The Morgan fingerprint density at radius 3 is 2.82 bits per heavy atom. The largest absolute Gasteiger partial charge is 0.359 e. The van der Waals surface area contributed by atoms with Crippen molar-refractivity contribution in [1.82, 2.24) is 15.4 Å². The van der Waals surface area contributed by atoms with Crippen molar-refractivity contribution < 1.29 is 9.32 Å². The van der Waals surface area contributed by atoms with Gasteiger partial charge in [-0.25, -0.2) is 0 Å². The molecular weight excluding hydrogens is 278 g/mol. The molecule has 1 amide bonds.